The molecule has 0 aliphatic rings. The average molecular weight is 273 g/mol. The Kier molecular flexibility index (Phi) is 4.99. The Morgan fingerprint density at radius 1 is 1.10 bits per heavy atom. The third-order valence-corrected chi connectivity index (χ3v) is 3.00. The molecule has 0 atom stereocenters. The number of benzene rings is 2. The molecule has 0 aromatic heterocycles. The SMILES string of the molecule is CCCOc1ccc(CNc2cc(C)ccc2F)cc1. The smallest absolute Gasteiger partial charge is 0.146 e. The van der Waals surface area contributed by atoms with E-state index in [0.29, 0.717) is 12.2 Å². The summed E-state index contributed by atoms with van der Waals surface area (Å²) < 4.78 is 19.1. The molecule has 0 radical (unpaired) electrons. The quantitative estimate of drug-likeness (QED) is 0.834. The Hall–Kier alpha value is -2.03. The molecule has 0 bridgehead atoms. The highest BCUT2D eigenvalue weighted by Gasteiger charge is 2.02. The van der Waals surface area contributed by atoms with Crippen LogP contribution in [0, 0.1) is 12.7 Å². The highest BCUT2D eigenvalue weighted by atomic mass is 19.1. The molecule has 2 aromatic rings. The van der Waals surface area contributed by atoms with E-state index in [2.05, 4.69) is 12.2 Å². The molecule has 0 aliphatic heterocycles. The fourth-order valence-corrected chi connectivity index (χ4v) is 1.90. The Labute approximate surface area is 119 Å². The Morgan fingerprint density at radius 3 is 2.55 bits per heavy atom. The first-order chi connectivity index (χ1) is 9.69. The topological polar surface area (TPSA) is 21.3 Å². The lowest BCUT2D eigenvalue weighted by atomic mass is 10.2. The molecule has 0 spiro atoms. The molecule has 2 nitrogen and oxygen atoms in total. The van der Waals surface area contributed by atoms with Crippen molar-refractivity contribution >= 4 is 5.69 Å². The van der Waals surface area contributed by atoms with Gasteiger partial charge >= 0.3 is 0 Å². The van der Waals surface area contributed by atoms with Crippen LogP contribution in [0.1, 0.15) is 24.5 Å². The molecular weight excluding hydrogens is 253 g/mol. The predicted molar refractivity (Wildman–Crippen MR) is 80.7 cm³/mol. The van der Waals surface area contributed by atoms with Gasteiger partial charge in [0.15, 0.2) is 0 Å². The number of rotatable bonds is 6. The first-order valence-electron chi connectivity index (χ1n) is 6.91. The van der Waals surface area contributed by atoms with E-state index in [-0.39, 0.29) is 5.82 Å². The summed E-state index contributed by atoms with van der Waals surface area (Å²) in [5, 5.41) is 3.12. The van der Waals surface area contributed by atoms with E-state index >= 15 is 0 Å². The van der Waals surface area contributed by atoms with Gasteiger partial charge in [0.05, 0.1) is 12.3 Å². The summed E-state index contributed by atoms with van der Waals surface area (Å²) >= 11 is 0. The lowest BCUT2D eigenvalue weighted by molar-refractivity contribution is 0.317. The monoisotopic (exact) mass is 273 g/mol. The fourth-order valence-electron chi connectivity index (χ4n) is 1.90. The number of aryl methyl sites for hydroxylation is 1. The van der Waals surface area contributed by atoms with E-state index in [9.17, 15) is 4.39 Å². The van der Waals surface area contributed by atoms with Crippen LogP contribution < -0.4 is 10.1 Å². The highest BCUT2D eigenvalue weighted by Crippen LogP contribution is 2.18. The van der Waals surface area contributed by atoms with Gasteiger partial charge in [-0.15, -0.1) is 0 Å². The van der Waals surface area contributed by atoms with Crippen LogP contribution in [0.4, 0.5) is 10.1 Å². The zero-order valence-corrected chi connectivity index (χ0v) is 11.9. The zero-order valence-electron chi connectivity index (χ0n) is 11.9. The van der Waals surface area contributed by atoms with Crippen molar-refractivity contribution in [1.29, 1.82) is 0 Å². The summed E-state index contributed by atoms with van der Waals surface area (Å²) in [4.78, 5) is 0. The van der Waals surface area contributed by atoms with Gasteiger partial charge in [0.2, 0.25) is 0 Å². The maximum atomic E-state index is 13.6. The molecule has 106 valence electrons. The number of hydrogen-bond donors (Lipinski definition) is 1. The summed E-state index contributed by atoms with van der Waals surface area (Å²) in [5.41, 5.74) is 2.67. The molecule has 0 aliphatic carbocycles. The van der Waals surface area contributed by atoms with Crippen molar-refractivity contribution in [3.63, 3.8) is 0 Å². The Morgan fingerprint density at radius 2 is 1.85 bits per heavy atom. The molecule has 2 rings (SSSR count). The number of hydrogen-bond acceptors (Lipinski definition) is 2. The molecule has 20 heavy (non-hydrogen) atoms. The maximum absolute atomic E-state index is 13.6. The van der Waals surface area contributed by atoms with Crippen molar-refractivity contribution in [2.45, 2.75) is 26.8 Å². The minimum atomic E-state index is -0.224. The van der Waals surface area contributed by atoms with Crippen LogP contribution in [0.5, 0.6) is 5.75 Å². The van der Waals surface area contributed by atoms with Gasteiger partial charge in [0, 0.05) is 6.54 Å². The van der Waals surface area contributed by atoms with Gasteiger partial charge in [0.25, 0.3) is 0 Å². The van der Waals surface area contributed by atoms with Crippen LogP contribution in [-0.4, -0.2) is 6.61 Å². The molecule has 0 saturated carbocycles. The van der Waals surface area contributed by atoms with E-state index in [1.165, 1.54) is 6.07 Å². The first kappa shape index (κ1) is 14.4. The standard InChI is InChI=1S/C17H20FNO/c1-3-10-20-15-7-5-14(6-8-15)12-19-17-11-13(2)4-9-16(17)18/h4-9,11,19H,3,10,12H2,1-2H3. The van der Waals surface area contributed by atoms with Gasteiger partial charge in [-0.2, -0.15) is 0 Å². The minimum absolute atomic E-state index is 0.224. The van der Waals surface area contributed by atoms with Crippen molar-refractivity contribution < 1.29 is 9.13 Å². The van der Waals surface area contributed by atoms with Gasteiger partial charge < -0.3 is 10.1 Å². The molecule has 0 amide bonds. The van der Waals surface area contributed by atoms with Crippen LogP contribution in [0.2, 0.25) is 0 Å². The van der Waals surface area contributed by atoms with E-state index in [1.54, 1.807) is 6.07 Å². The molecule has 0 saturated heterocycles. The fraction of sp³-hybridized carbons (Fsp3) is 0.294. The first-order valence-corrected chi connectivity index (χ1v) is 6.91. The molecular formula is C17H20FNO. The van der Waals surface area contributed by atoms with Crippen molar-refractivity contribution in [3.8, 4) is 5.75 Å². The minimum Gasteiger partial charge on any atom is -0.494 e. The van der Waals surface area contributed by atoms with Crippen molar-refractivity contribution in [3.05, 3.63) is 59.4 Å². The predicted octanol–water partition coefficient (Wildman–Crippen LogP) is 4.54. The molecule has 3 heteroatoms. The molecule has 0 heterocycles. The van der Waals surface area contributed by atoms with Gasteiger partial charge in [-0.3, -0.25) is 0 Å². The second kappa shape index (κ2) is 6.94. The summed E-state index contributed by atoms with van der Waals surface area (Å²) in [6.45, 7) is 5.35. The number of nitrogens with one attached hydrogen (secondary N) is 1. The third-order valence-electron chi connectivity index (χ3n) is 3.00. The molecule has 1 N–H and O–H groups in total. The summed E-state index contributed by atoms with van der Waals surface area (Å²) in [6, 6.07) is 12.9. The van der Waals surface area contributed by atoms with Crippen molar-refractivity contribution in [1.82, 2.24) is 0 Å². The largest absolute Gasteiger partial charge is 0.494 e. The van der Waals surface area contributed by atoms with Crippen LogP contribution in [0.15, 0.2) is 42.5 Å². The molecule has 0 unspecified atom stereocenters. The molecule has 2 aromatic carbocycles. The number of ether oxygens (including phenoxy) is 1. The summed E-state index contributed by atoms with van der Waals surface area (Å²) in [7, 11) is 0. The van der Waals surface area contributed by atoms with E-state index < -0.39 is 0 Å². The second-order valence-corrected chi connectivity index (χ2v) is 4.83. The van der Waals surface area contributed by atoms with E-state index in [1.807, 2.05) is 37.3 Å². The lowest BCUT2D eigenvalue weighted by Gasteiger charge is -2.09. The third kappa shape index (κ3) is 3.98. The van der Waals surface area contributed by atoms with Crippen LogP contribution in [0.3, 0.4) is 0 Å². The van der Waals surface area contributed by atoms with Crippen molar-refractivity contribution in [2.75, 3.05) is 11.9 Å². The zero-order chi connectivity index (χ0) is 14.4. The maximum Gasteiger partial charge on any atom is 0.146 e. The highest BCUT2D eigenvalue weighted by molar-refractivity contribution is 5.47. The van der Waals surface area contributed by atoms with Gasteiger partial charge in [-0.05, 0) is 48.7 Å². The Bertz CT molecular complexity index is 551. The van der Waals surface area contributed by atoms with Gasteiger partial charge in [-0.25, -0.2) is 4.39 Å². The summed E-state index contributed by atoms with van der Waals surface area (Å²) in [6.07, 6.45) is 0.996. The van der Waals surface area contributed by atoms with Crippen molar-refractivity contribution in [2.24, 2.45) is 0 Å². The Balaban J connectivity index is 1.95. The van der Waals surface area contributed by atoms with Crippen LogP contribution in [0.25, 0.3) is 0 Å². The van der Waals surface area contributed by atoms with Crippen LogP contribution >= 0.6 is 0 Å². The summed E-state index contributed by atoms with van der Waals surface area (Å²) in [5.74, 6) is 0.649. The van der Waals surface area contributed by atoms with E-state index in [4.69, 9.17) is 4.74 Å². The van der Waals surface area contributed by atoms with Crippen LogP contribution in [-0.2, 0) is 6.54 Å². The molecule has 0 fully saturated rings. The average Bonchev–Trinajstić information content (AvgIpc) is 2.47. The normalized spacial score (nSPS) is 10.3. The number of anilines is 1. The van der Waals surface area contributed by atoms with E-state index in [0.717, 1.165) is 29.9 Å². The van der Waals surface area contributed by atoms with Gasteiger partial charge in [-0.1, -0.05) is 25.1 Å². The number of halogens is 1. The lowest BCUT2D eigenvalue weighted by Crippen LogP contribution is -2.02. The second-order valence-electron chi connectivity index (χ2n) is 4.83. The van der Waals surface area contributed by atoms with Gasteiger partial charge in [0.1, 0.15) is 11.6 Å².